The minimum atomic E-state index is -0.510. The topological polar surface area (TPSA) is 25.8 Å². The highest BCUT2D eigenvalue weighted by Crippen LogP contribution is 2.66. The van der Waals surface area contributed by atoms with Gasteiger partial charge in [-0.05, 0) is 107 Å². The van der Waals surface area contributed by atoms with E-state index in [0.29, 0.717) is 0 Å². The van der Waals surface area contributed by atoms with Gasteiger partial charge in [-0.1, -0.05) is 164 Å². The van der Waals surface area contributed by atoms with Crippen molar-refractivity contribution in [3.8, 4) is 67.2 Å². The lowest BCUT2D eigenvalue weighted by Gasteiger charge is -2.31. The van der Waals surface area contributed by atoms with Crippen molar-refractivity contribution in [1.29, 1.82) is 0 Å². The van der Waals surface area contributed by atoms with E-state index < -0.39 is 5.41 Å². The highest BCUT2D eigenvalue weighted by atomic mass is 14.9. The van der Waals surface area contributed by atoms with E-state index in [0.717, 1.165) is 33.5 Å². The maximum absolute atomic E-state index is 5.49. The summed E-state index contributed by atoms with van der Waals surface area (Å²) >= 11 is 0. The van der Waals surface area contributed by atoms with Crippen LogP contribution in [0.1, 0.15) is 22.3 Å². The molecule has 1 unspecified atom stereocenters. The van der Waals surface area contributed by atoms with Gasteiger partial charge in [0.2, 0.25) is 0 Å². The number of hydrogen-bond donors (Lipinski definition) is 0. The normalized spacial score (nSPS) is 15.3. The van der Waals surface area contributed by atoms with Crippen molar-refractivity contribution >= 4 is 32.4 Å². The number of rotatable bonds is 2. The minimum Gasteiger partial charge on any atom is -0.228 e. The smallest absolute Gasteiger partial charge is 0.161 e. The summed E-state index contributed by atoms with van der Waals surface area (Å²) in [5.74, 6) is 0.743. The van der Waals surface area contributed by atoms with Crippen LogP contribution < -0.4 is 0 Å². The van der Waals surface area contributed by atoms with Crippen LogP contribution in [0.5, 0.6) is 0 Å². The summed E-state index contributed by atoms with van der Waals surface area (Å²) in [6, 6.07) is 67.0. The van der Waals surface area contributed by atoms with Crippen LogP contribution in [0.2, 0.25) is 0 Å². The Hall–Kier alpha value is -7.16. The first-order valence-electron chi connectivity index (χ1n) is 19.1. The second kappa shape index (κ2) is 10.5. The van der Waals surface area contributed by atoms with Gasteiger partial charge in [0, 0.05) is 16.5 Å². The molecule has 10 aromatic rings. The van der Waals surface area contributed by atoms with E-state index in [1.165, 1.54) is 88.3 Å². The maximum atomic E-state index is 5.49. The standard InChI is InChI=1S/C53H30N2/c1-2-14-32-29-33(28-27-31(32)13-1)51-39-19-7-10-26-47(39)54-52(55-51)41-22-12-25-45-50(41)38-18-6-9-24-44(38)53(45)43-23-8-5-17-37(43)49-40-21-11-20-36-34-15-3-4-16-35(34)42(48(36)40)30-46(49)53/h1-30H. The van der Waals surface area contributed by atoms with E-state index in [1.54, 1.807) is 0 Å². The van der Waals surface area contributed by atoms with Gasteiger partial charge in [0.25, 0.3) is 0 Å². The number of nitrogens with zero attached hydrogens (tertiary/aromatic N) is 2. The van der Waals surface area contributed by atoms with Crippen molar-refractivity contribution in [3.05, 3.63) is 204 Å². The lowest BCUT2D eigenvalue weighted by atomic mass is 9.70. The van der Waals surface area contributed by atoms with Gasteiger partial charge in [-0.15, -0.1) is 0 Å². The summed E-state index contributed by atoms with van der Waals surface area (Å²) < 4.78 is 0. The first kappa shape index (κ1) is 29.3. The van der Waals surface area contributed by atoms with Crippen molar-refractivity contribution in [3.63, 3.8) is 0 Å². The average Bonchev–Trinajstić information content (AvgIpc) is 3.86. The van der Waals surface area contributed by atoms with Crippen molar-refractivity contribution in [2.24, 2.45) is 0 Å². The molecule has 2 nitrogen and oxygen atoms in total. The fourth-order valence-corrected chi connectivity index (χ4v) is 10.5. The van der Waals surface area contributed by atoms with Crippen LogP contribution in [0.25, 0.3) is 99.6 Å². The molecule has 2 heteroatoms. The first-order chi connectivity index (χ1) is 27.3. The highest BCUT2D eigenvalue weighted by Gasteiger charge is 2.53. The maximum Gasteiger partial charge on any atom is 0.161 e. The Morgan fingerprint density at radius 1 is 0.345 bits per heavy atom. The van der Waals surface area contributed by atoms with Gasteiger partial charge in [-0.2, -0.15) is 0 Å². The predicted molar refractivity (Wildman–Crippen MR) is 226 cm³/mol. The van der Waals surface area contributed by atoms with Crippen molar-refractivity contribution in [1.82, 2.24) is 9.97 Å². The summed E-state index contributed by atoms with van der Waals surface area (Å²) in [5, 5.41) is 6.15. The van der Waals surface area contributed by atoms with Crippen LogP contribution >= 0.6 is 0 Å². The fourth-order valence-electron chi connectivity index (χ4n) is 10.5. The Labute approximate surface area is 318 Å². The lowest BCUT2D eigenvalue weighted by molar-refractivity contribution is 0.795. The molecule has 13 rings (SSSR count). The molecule has 1 atom stereocenters. The molecule has 0 N–H and O–H groups in total. The molecular weight excluding hydrogens is 665 g/mol. The Kier molecular flexibility index (Phi) is 5.59. The molecule has 3 aliphatic rings. The predicted octanol–water partition coefficient (Wildman–Crippen LogP) is 13.3. The molecule has 1 aromatic heterocycles. The number of fused-ring (bicyclic) bond motifs is 16. The van der Waals surface area contributed by atoms with E-state index in [1.807, 2.05) is 0 Å². The summed E-state index contributed by atoms with van der Waals surface area (Å²) in [6.07, 6.45) is 0. The van der Waals surface area contributed by atoms with E-state index in [4.69, 9.17) is 9.97 Å². The number of hydrogen-bond acceptors (Lipinski definition) is 2. The minimum absolute atomic E-state index is 0.510. The van der Waals surface area contributed by atoms with E-state index in [9.17, 15) is 0 Å². The zero-order valence-corrected chi connectivity index (χ0v) is 29.7. The molecule has 9 aromatic carbocycles. The Balaban J connectivity index is 1.13. The molecule has 0 aliphatic heterocycles. The van der Waals surface area contributed by atoms with Crippen molar-refractivity contribution < 1.29 is 0 Å². The zero-order valence-electron chi connectivity index (χ0n) is 29.7. The van der Waals surface area contributed by atoms with Gasteiger partial charge >= 0.3 is 0 Å². The van der Waals surface area contributed by atoms with Gasteiger partial charge in [-0.3, -0.25) is 0 Å². The van der Waals surface area contributed by atoms with Crippen molar-refractivity contribution in [2.45, 2.75) is 5.41 Å². The molecule has 55 heavy (non-hydrogen) atoms. The van der Waals surface area contributed by atoms with Gasteiger partial charge in [0.05, 0.1) is 16.6 Å². The molecule has 1 heterocycles. The monoisotopic (exact) mass is 694 g/mol. The van der Waals surface area contributed by atoms with Gasteiger partial charge in [-0.25, -0.2) is 9.97 Å². The van der Waals surface area contributed by atoms with Crippen LogP contribution in [0.4, 0.5) is 0 Å². The molecule has 1 spiro atoms. The summed E-state index contributed by atoms with van der Waals surface area (Å²) in [4.78, 5) is 10.8. The Morgan fingerprint density at radius 2 is 0.945 bits per heavy atom. The van der Waals surface area contributed by atoms with Crippen LogP contribution in [0.3, 0.4) is 0 Å². The third-order valence-corrected chi connectivity index (χ3v) is 12.6. The largest absolute Gasteiger partial charge is 0.228 e. The summed E-state index contributed by atoms with van der Waals surface area (Å²) in [5.41, 5.74) is 19.2. The average molecular weight is 695 g/mol. The lowest BCUT2D eigenvalue weighted by Crippen LogP contribution is -2.26. The first-order valence-corrected chi connectivity index (χ1v) is 19.1. The van der Waals surface area contributed by atoms with Gasteiger partial charge < -0.3 is 0 Å². The molecule has 0 amide bonds. The van der Waals surface area contributed by atoms with E-state index in [-0.39, 0.29) is 0 Å². The zero-order chi connectivity index (χ0) is 35.8. The fraction of sp³-hybridized carbons (Fsp3) is 0.0189. The number of para-hydroxylation sites is 1. The highest BCUT2D eigenvalue weighted by molar-refractivity contribution is 6.21. The summed E-state index contributed by atoms with van der Waals surface area (Å²) in [7, 11) is 0. The van der Waals surface area contributed by atoms with E-state index >= 15 is 0 Å². The van der Waals surface area contributed by atoms with Crippen LogP contribution in [-0.4, -0.2) is 9.97 Å². The second-order valence-corrected chi connectivity index (χ2v) is 15.2. The molecule has 0 radical (unpaired) electrons. The van der Waals surface area contributed by atoms with Crippen LogP contribution in [0, 0.1) is 0 Å². The van der Waals surface area contributed by atoms with Gasteiger partial charge in [0.1, 0.15) is 0 Å². The third-order valence-electron chi connectivity index (χ3n) is 12.6. The molecule has 0 bridgehead atoms. The number of aromatic nitrogens is 2. The molecule has 3 aliphatic carbocycles. The Bertz CT molecular complexity index is 3340. The SMILES string of the molecule is c1ccc2c(c1)-c1cccc3c4c(cc-2c13)C1(c2ccccc2-c2c(-c3nc(-c5ccc6ccccc6c5)c5ccccc5n3)cccc21)c1ccccc1-4. The molecule has 0 saturated heterocycles. The molecule has 0 fully saturated rings. The molecule has 0 saturated carbocycles. The third kappa shape index (κ3) is 3.64. The Morgan fingerprint density at radius 3 is 1.78 bits per heavy atom. The molecule has 252 valence electrons. The van der Waals surface area contributed by atoms with Gasteiger partial charge in [0.15, 0.2) is 5.82 Å². The van der Waals surface area contributed by atoms with Crippen LogP contribution in [0.15, 0.2) is 182 Å². The van der Waals surface area contributed by atoms with Crippen LogP contribution in [-0.2, 0) is 5.41 Å². The number of benzene rings is 9. The summed E-state index contributed by atoms with van der Waals surface area (Å²) in [6.45, 7) is 0. The molecular formula is C53H30N2. The quantitative estimate of drug-likeness (QED) is 0.180. The van der Waals surface area contributed by atoms with E-state index in [2.05, 4.69) is 182 Å². The second-order valence-electron chi connectivity index (χ2n) is 15.2. The van der Waals surface area contributed by atoms with Crippen molar-refractivity contribution in [2.75, 3.05) is 0 Å².